The van der Waals surface area contributed by atoms with E-state index in [2.05, 4.69) is 10.6 Å². The van der Waals surface area contributed by atoms with Crippen LogP contribution in [-0.4, -0.2) is 29.4 Å². The fraction of sp³-hybridized carbons (Fsp3) is 0.294. The average Bonchev–Trinajstić information content (AvgIpc) is 3.26. The minimum atomic E-state index is -0.419. The summed E-state index contributed by atoms with van der Waals surface area (Å²) in [5, 5.41) is 8.32. The fourth-order valence-electron chi connectivity index (χ4n) is 2.72. The van der Waals surface area contributed by atoms with E-state index in [0.717, 1.165) is 11.3 Å². The van der Waals surface area contributed by atoms with Gasteiger partial charge >= 0.3 is 6.03 Å². The van der Waals surface area contributed by atoms with Crippen molar-refractivity contribution in [3.63, 3.8) is 0 Å². The van der Waals surface area contributed by atoms with Crippen LogP contribution < -0.4 is 10.6 Å². The van der Waals surface area contributed by atoms with Crippen LogP contribution in [0.1, 0.15) is 17.7 Å². The molecule has 7 heteroatoms. The molecule has 1 atom stereocenters. The predicted molar refractivity (Wildman–Crippen MR) is 96.4 cm³/mol. The van der Waals surface area contributed by atoms with E-state index < -0.39 is 6.04 Å². The standard InChI is InChI=1S/C17H18ClN3O2S/c18-12-5-7-13(8-6-12)20-17(23)21-9-1-4-15(21)16(22)19-11-14-3-2-10-24-14/h2-3,5-8,10,15H,1,4,9,11H2,(H,19,22)(H,20,23)/t15-/m0/s1. The van der Waals surface area contributed by atoms with Crippen molar-refractivity contribution in [1.82, 2.24) is 10.2 Å². The lowest BCUT2D eigenvalue weighted by Gasteiger charge is -2.24. The van der Waals surface area contributed by atoms with Crippen molar-refractivity contribution in [3.05, 3.63) is 51.7 Å². The zero-order valence-electron chi connectivity index (χ0n) is 13.0. The second kappa shape index (κ2) is 7.68. The number of rotatable bonds is 4. The number of hydrogen-bond acceptors (Lipinski definition) is 3. The molecular weight excluding hydrogens is 346 g/mol. The number of halogens is 1. The van der Waals surface area contributed by atoms with Crippen LogP contribution in [0.5, 0.6) is 0 Å². The maximum Gasteiger partial charge on any atom is 0.322 e. The number of thiophene rings is 1. The Morgan fingerprint density at radius 3 is 2.75 bits per heavy atom. The van der Waals surface area contributed by atoms with Crippen LogP contribution in [0.3, 0.4) is 0 Å². The van der Waals surface area contributed by atoms with E-state index in [-0.39, 0.29) is 11.9 Å². The fourth-order valence-corrected chi connectivity index (χ4v) is 3.49. The Bertz CT molecular complexity index is 703. The molecule has 1 aromatic heterocycles. The minimum Gasteiger partial charge on any atom is -0.349 e. The number of nitrogens with zero attached hydrogens (tertiary/aromatic N) is 1. The SMILES string of the molecule is O=C(NCc1cccs1)[C@@H]1CCCN1C(=O)Nc1ccc(Cl)cc1. The van der Waals surface area contributed by atoms with Gasteiger partial charge in [0.25, 0.3) is 0 Å². The second-order valence-corrected chi connectivity index (χ2v) is 7.05. The van der Waals surface area contributed by atoms with Gasteiger partial charge in [-0.3, -0.25) is 4.79 Å². The van der Waals surface area contributed by atoms with Crippen molar-refractivity contribution in [2.24, 2.45) is 0 Å². The molecule has 5 nitrogen and oxygen atoms in total. The highest BCUT2D eigenvalue weighted by molar-refractivity contribution is 7.09. The lowest BCUT2D eigenvalue weighted by Crippen LogP contribution is -2.47. The maximum atomic E-state index is 12.5. The highest BCUT2D eigenvalue weighted by Gasteiger charge is 2.34. The van der Waals surface area contributed by atoms with Gasteiger partial charge in [0.15, 0.2) is 0 Å². The molecule has 1 aliphatic rings. The van der Waals surface area contributed by atoms with Gasteiger partial charge in [0.05, 0.1) is 6.54 Å². The number of amides is 3. The lowest BCUT2D eigenvalue weighted by molar-refractivity contribution is -0.124. The lowest BCUT2D eigenvalue weighted by atomic mass is 10.2. The minimum absolute atomic E-state index is 0.104. The third-order valence-electron chi connectivity index (χ3n) is 3.93. The summed E-state index contributed by atoms with van der Waals surface area (Å²) >= 11 is 7.44. The van der Waals surface area contributed by atoms with E-state index in [0.29, 0.717) is 30.2 Å². The van der Waals surface area contributed by atoms with Crippen LogP contribution in [-0.2, 0) is 11.3 Å². The largest absolute Gasteiger partial charge is 0.349 e. The molecule has 1 aromatic carbocycles. The topological polar surface area (TPSA) is 61.4 Å². The molecule has 126 valence electrons. The number of likely N-dealkylation sites (tertiary alicyclic amines) is 1. The first kappa shape index (κ1) is 16.8. The van der Waals surface area contributed by atoms with E-state index in [1.165, 1.54) is 0 Å². The smallest absolute Gasteiger partial charge is 0.322 e. The molecule has 3 amide bonds. The van der Waals surface area contributed by atoms with Crippen LogP contribution in [0.4, 0.5) is 10.5 Å². The van der Waals surface area contributed by atoms with Gasteiger partial charge in [-0.25, -0.2) is 4.79 Å². The number of urea groups is 1. The highest BCUT2D eigenvalue weighted by Crippen LogP contribution is 2.20. The normalized spacial score (nSPS) is 16.9. The van der Waals surface area contributed by atoms with E-state index in [9.17, 15) is 9.59 Å². The third-order valence-corrected chi connectivity index (χ3v) is 5.06. The zero-order chi connectivity index (χ0) is 16.9. The summed E-state index contributed by atoms with van der Waals surface area (Å²) in [6, 6.07) is 10.2. The molecule has 2 N–H and O–H groups in total. The van der Waals surface area contributed by atoms with Gasteiger partial charge in [-0.1, -0.05) is 17.7 Å². The molecule has 1 aliphatic heterocycles. The van der Waals surface area contributed by atoms with E-state index in [1.807, 2.05) is 17.5 Å². The number of carbonyl (C=O) groups excluding carboxylic acids is 2. The Morgan fingerprint density at radius 2 is 2.04 bits per heavy atom. The van der Waals surface area contributed by atoms with E-state index in [4.69, 9.17) is 11.6 Å². The summed E-state index contributed by atoms with van der Waals surface area (Å²) in [7, 11) is 0. The molecule has 24 heavy (non-hydrogen) atoms. The Hall–Kier alpha value is -2.05. The van der Waals surface area contributed by atoms with E-state index >= 15 is 0 Å². The summed E-state index contributed by atoms with van der Waals surface area (Å²) in [5.41, 5.74) is 0.661. The zero-order valence-corrected chi connectivity index (χ0v) is 14.6. The number of hydrogen-bond donors (Lipinski definition) is 2. The van der Waals surface area contributed by atoms with Gasteiger partial charge in [0.1, 0.15) is 6.04 Å². The Kier molecular flexibility index (Phi) is 5.37. The molecule has 2 aromatic rings. The van der Waals surface area contributed by atoms with Gasteiger partial charge in [0, 0.05) is 22.1 Å². The summed E-state index contributed by atoms with van der Waals surface area (Å²) in [5.74, 6) is -0.104. The molecule has 3 rings (SSSR count). The average molecular weight is 364 g/mol. The van der Waals surface area contributed by atoms with Crippen LogP contribution in [0.2, 0.25) is 5.02 Å². The monoisotopic (exact) mass is 363 g/mol. The van der Waals surface area contributed by atoms with Crippen molar-refractivity contribution in [3.8, 4) is 0 Å². The van der Waals surface area contributed by atoms with Crippen molar-refractivity contribution in [2.45, 2.75) is 25.4 Å². The van der Waals surface area contributed by atoms with Crippen molar-refractivity contribution < 1.29 is 9.59 Å². The van der Waals surface area contributed by atoms with Gasteiger partial charge in [-0.2, -0.15) is 0 Å². The summed E-state index contributed by atoms with van der Waals surface area (Å²) in [4.78, 5) is 27.5. The van der Waals surface area contributed by atoms with Crippen molar-refractivity contribution in [1.29, 1.82) is 0 Å². The molecular formula is C17H18ClN3O2S. The summed E-state index contributed by atoms with van der Waals surface area (Å²) in [6.45, 7) is 1.08. The molecule has 0 saturated carbocycles. The van der Waals surface area contributed by atoms with Gasteiger partial charge < -0.3 is 15.5 Å². The van der Waals surface area contributed by atoms with Crippen LogP contribution in [0, 0.1) is 0 Å². The Balaban J connectivity index is 1.58. The van der Waals surface area contributed by atoms with Crippen molar-refractivity contribution in [2.75, 3.05) is 11.9 Å². The molecule has 2 heterocycles. The van der Waals surface area contributed by atoms with Gasteiger partial charge in [-0.15, -0.1) is 11.3 Å². The molecule has 1 saturated heterocycles. The maximum absolute atomic E-state index is 12.5. The summed E-state index contributed by atoms with van der Waals surface area (Å²) in [6.07, 6.45) is 1.51. The first-order valence-corrected chi connectivity index (χ1v) is 9.02. The molecule has 0 bridgehead atoms. The number of nitrogens with one attached hydrogen (secondary N) is 2. The van der Waals surface area contributed by atoms with Crippen LogP contribution in [0.15, 0.2) is 41.8 Å². The van der Waals surface area contributed by atoms with E-state index in [1.54, 1.807) is 40.5 Å². The Labute approximate surface area is 149 Å². The number of carbonyl (C=O) groups is 2. The Morgan fingerprint density at radius 1 is 1.25 bits per heavy atom. The first-order valence-electron chi connectivity index (χ1n) is 7.77. The molecule has 1 fully saturated rings. The van der Waals surface area contributed by atoms with Crippen LogP contribution >= 0.6 is 22.9 Å². The predicted octanol–water partition coefficient (Wildman–Crippen LogP) is 3.71. The first-order chi connectivity index (χ1) is 11.6. The molecule has 0 radical (unpaired) electrons. The number of benzene rings is 1. The number of anilines is 1. The highest BCUT2D eigenvalue weighted by atomic mass is 35.5. The van der Waals surface area contributed by atoms with Crippen LogP contribution in [0.25, 0.3) is 0 Å². The molecule has 0 aliphatic carbocycles. The quantitative estimate of drug-likeness (QED) is 0.869. The van der Waals surface area contributed by atoms with Crippen molar-refractivity contribution >= 4 is 40.6 Å². The third kappa shape index (κ3) is 4.07. The molecule has 0 spiro atoms. The van der Waals surface area contributed by atoms with Gasteiger partial charge in [-0.05, 0) is 48.6 Å². The molecule has 0 unspecified atom stereocenters. The second-order valence-electron chi connectivity index (χ2n) is 5.59. The summed E-state index contributed by atoms with van der Waals surface area (Å²) < 4.78 is 0. The van der Waals surface area contributed by atoms with Gasteiger partial charge in [0.2, 0.25) is 5.91 Å².